The van der Waals surface area contributed by atoms with Crippen LogP contribution < -0.4 is 19.5 Å². The Bertz CT molecular complexity index is 1030. The highest BCUT2D eigenvalue weighted by molar-refractivity contribution is 6.05. The molecule has 0 saturated carbocycles. The summed E-state index contributed by atoms with van der Waals surface area (Å²) in [7, 11) is 4.57. The van der Waals surface area contributed by atoms with E-state index in [9.17, 15) is 4.79 Å². The largest absolute Gasteiger partial charge is 0.493 e. The minimum atomic E-state index is -0.306. The lowest BCUT2D eigenvalue weighted by atomic mass is 10.1. The van der Waals surface area contributed by atoms with E-state index in [1.54, 1.807) is 30.7 Å². The van der Waals surface area contributed by atoms with Crippen molar-refractivity contribution in [1.82, 2.24) is 14.5 Å². The average Bonchev–Trinajstić information content (AvgIpc) is 3.22. The normalized spacial score (nSPS) is 14.5. The van der Waals surface area contributed by atoms with Gasteiger partial charge in [0.25, 0.3) is 5.91 Å². The van der Waals surface area contributed by atoms with Crippen LogP contribution in [0.15, 0.2) is 30.7 Å². The Balaban J connectivity index is 1.58. The van der Waals surface area contributed by atoms with Crippen LogP contribution in [0.1, 0.15) is 29.2 Å². The quantitative estimate of drug-likeness (QED) is 0.665. The highest BCUT2D eigenvalue weighted by Crippen LogP contribution is 2.40. The molecule has 0 aliphatic carbocycles. The first kappa shape index (κ1) is 20.0. The van der Waals surface area contributed by atoms with E-state index >= 15 is 0 Å². The molecule has 4 rings (SSSR count). The van der Waals surface area contributed by atoms with Gasteiger partial charge < -0.3 is 28.8 Å². The summed E-state index contributed by atoms with van der Waals surface area (Å²) in [6, 6.07) is 5.40. The first-order valence-corrected chi connectivity index (χ1v) is 9.66. The molecule has 9 heteroatoms. The SMILES string of the molecule is COc1cc(NC(=O)c2cnc3c(c2)ncn3C2CCOCC2)cc(OC)c1OC. The van der Waals surface area contributed by atoms with Gasteiger partial charge in [0.1, 0.15) is 5.52 Å². The Morgan fingerprint density at radius 2 is 1.77 bits per heavy atom. The number of carbonyl (C=O) groups excluding carboxylic acids is 1. The molecule has 0 spiro atoms. The van der Waals surface area contributed by atoms with Gasteiger partial charge in [-0.1, -0.05) is 0 Å². The van der Waals surface area contributed by atoms with Gasteiger partial charge in [0.05, 0.1) is 33.2 Å². The van der Waals surface area contributed by atoms with Crippen molar-refractivity contribution in [1.29, 1.82) is 0 Å². The van der Waals surface area contributed by atoms with Crippen molar-refractivity contribution in [3.63, 3.8) is 0 Å². The summed E-state index contributed by atoms with van der Waals surface area (Å²) in [5.41, 5.74) is 2.38. The molecule has 1 N–H and O–H groups in total. The number of aromatic nitrogens is 3. The monoisotopic (exact) mass is 412 g/mol. The first-order valence-electron chi connectivity index (χ1n) is 9.66. The van der Waals surface area contributed by atoms with Crippen molar-refractivity contribution in [3.8, 4) is 17.2 Å². The predicted molar refractivity (Wildman–Crippen MR) is 111 cm³/mol. The van der Waals surface area contributed by atoms with Crippen molar-refractivity contribution < 1.29 is 23.7 Å². The molecular formula is C21H24N4O5. The summed E-state index contributed by atoms with van der Waals surface area (Å²) in [5, 5.41) is 2.85. The van der Waals surface area contributed by atoms with Crippen molar-refractivity contribution in [3.05, 3.63) is 36.3 Å². The zero-order chi connectivity index (χ0) is 21.1. The lowest BCUT2D eigenvalue weighted by Gasteiger charge is -2.23. The molecule has 1 aliphatic heterocycles. The minimum absolute atomic E-state index is 0.306. The summed E-state index contributed by atoms with van der Waals surface area (Å²) in [6.07, 6.45) is 5.20. The maximum absolute atomic E-state index is 12.8. The molecule has 2 aromatic heterocycles. The van der Waals surface area contributed by atoms with Crippen LogP contribution in [-0.2, 0) is 4.74 Å². The number of benzene rings is 1. The molecule has 0 unspecified atom stereocenters. The fourth-order valence-electron chi connectivity index (χ4n) is 3.63. The molecule has 3 heterocycles. The molecule has 158 valence electrons. The number of anilines is 1. The lowest BCUT2D eigenvalue weighted by molar-refractivity contribution is 0.0704. The number of amides is 1. The van der Waals surface area contributed by atoms with Crippen LogP contribution in [0.4, 0.5) is 5.69 Å². The number of carbonyl (C=O) groups is 1. The van der Waals surface area contributed by atoms with Gasteiger partial charge in [-0.05, 0) is 18.9 Å². The third kappa shape index (κ3) is 3.76. The predicted octanol–water partition coefficient (Wildman–Crippen LogP) is 3.06. The van der Waals surface area contributed by atoms with Crippen LogP contribution in [0.2, 0.25) is 0 Å². The minimum Gasteiger partial charge on any atom is -0.493 e. The molecule has 1 fully saturated rings. The third-order valence-electron chi connectivity index (χ3n) is 5.18. The number of nitrogens with zero attached hydrogens (tertiary/aromatic N) is 3. The van der Waals surface area contributed by atoms with E-state index in [1.165, 1.54) is 21.3 Å². The number of methoxy groups -OCH3 is 3. The Morgan fingerprint density at radius 3 is 2.40 bits per heavy atom. The second-order valence-corrected chi connectivity index (χ2v) is 6.93. The van der Waals surface area contributed by atoms with Crippen LogP contribution in [0, 0.1) is 0 Å². The zero-order valence-corrected chi connectivity index (χ0v) is 17.2. The van der Waals surface area contributed by atoms with E-state index in [0.29, 0.717) is 40.1 Å². The average molecular weight is 412 g/mol. The number of nitrogens with one attached hydrogen (secondary N) is 1. The van der Waals surface area contributed by atoms with Crippen molar-refractivity contribution >= 4 is 22.8 Å². The topological polar surface area (TPSA) is 96.7 Å². The van der Waals surface area contributed by atoms with Gasteiger partial charge in [-0.25, -0.2) is 9.97 Å². The Morgan fingerprint density at radius 1 is 1.07 bits per heavy atom. The number of pyridine rings is 1. The molecular weight excluding hydrogens is 388 g/mol. The molecule has 1 aromatic carbocycles. The van der Waals surface area contributed by atoms with E-state index in [0.717, 1.165) is 31.7 Å². The Labute approximate surface area is 173 Å². The van der Waals surface area contributed by atoms with Crippen LogP contribution in [0.25, 0.3) is 11.2 Å². The molecule has 0 bridgehead atoms. The van der Waals surface area contributed by atoms with Gasteiger partial charge >= 0.3 is 0 Å². The van der Waals surface area contributed by atoms with E-state index in [2.05, 4.69) is 19.9 Å². The molecule has 30 heavy (non-hydrogen) atoms. The molecule has 1 saturated heterocycles. The summed E-state index contributed by atoms with van der Waals surface area (Å²) < 4.78 is 23.5. The molecule has 9 nitrogen and oxygen atoms in total. The number of imidazole rings is 1. The number of rotatable bonds is 6. The molecule has 0 atom stereocenters. The fourth-order valence-corrected chi connectivity index (χ4v) is 3.63. The Kier molecular flexibility index (Phi) is 5.71. The van der Waals surface area contributed by atoms with Crippen molar-refractivity contribution in [2.24, 2.45) is 0 Å². The summed E-state index contributed by atoms with van der Waals surface area (Å²) in [4.78, 5) is 21.8. The maximum Gasteiger partial charge on any atom is 0.257 e. The summed E-state index contributed by atoms with van der Waals surface area (Å²) in [5.74, 6) is 1.06. The fraction of sp³-hybridized carbons (Fsp3) is 0.381. The van der Waals surface area contributed by atoms with Gasteiger partial charge in [0.2, 0.25) is 5.75 Å². The van der Waals surface area contributed by atoms with Crippen LogP contribution >= 0.6 is 0 Å². The highest BCUT2D eigenvalue weighted by atomic mass is 16.5. The Hall–Kier alpha value is -3.33. The van der Waals surface area contributed by atoms with Crippen LogP contribution in [0.3, 0.4) is 0 Å². The van der Waals surface area contributed by atoms with Gasteiger partial charge in [-0.2, -0.15) is 0 Å². The molecule has 0 radical (unpaired) electrons. The van der Waals surface area contributed by atoms with Gasteiger partial charge in [-0.3, -0.25) is 4.79 Å². The number of hydrogen-bond donors (Lipinski definition) is 1. The number of fused-ring (bicyclic) bond motifs is 1. The van der Waals surface area contributed by atoms with Crippen molar-refractivity contribution in [2.75, 3.05) is 39.9 Å². The van der Waals surface area contributed by atoms with E-state index in [4.69, 9.17) is 18.9 Å². The highest BCUT2D eigenvalue weighted by Gasteiger charge is 2.20. The summed E-state index contributed by atoms with van der Waals surface area (Å²) in [6.45, 7) is 1.47. The van der Waals surface area contributed by atoms with Crippen LogP contribution in [-0.4, -0.2) is 55.0 Å². The van der Waals surface area contributed by atoms with E-state index < -0.39 is 0 Å². The smallest absolute Gasteiger partial charge is 0.257 e. The van der Waals surface area contributed by atoms with Gasteiger partial charge in [-0.15, -0.1) is 0 Å². The van der Waals surface area contributed by atoms with E-state index in [-0.39, 0.29) is 5.91 Å². The third-order valence-corrected chi connectivity index (χ3v) is 5.18. The molecule has 1 amide bonds. The number of ether oxygens (including phenoxy) is 4. The molecule has 1 aliphatic rings. The van der Waals surface area contributed by atoms with Gasteiger partial charge in [0.15, 0.2) is 17.1 Å². The summed E-state index contributed by atoms with van der Waals surface area (Å²) >= 11 is 0. The van der Waals surface area contributed by atoms with Gasteiger partial charge in [0, 0.05) is 43.3 Å². The first-order chi connectivity index (χ1) is 14.6. The molecule has 3 aromatic rings. The second kappa shape index (κ2) is 8.58. The maximum atomic E-state index is 12.8. The van der Waals surface area contributed by atoms with E-state index in [1.807, 2.05) is 0 Å². The zero-order valence-electron chi connectivity index (χ0n) is 17.2. The second-order valence-electron chi connectivity index (χ2n) is 6.93. The standard InChI is InChI=1S/C21H24N4O5/c1-27-17-9-14(10-18(28-2)19(17)29-3)24-21(26)13-8-16-20(22-11-13)25(12-23-16)15-4-6-30-7-5-15/h8-12,15H,4-7H2,1-3H3,(H,24,26). The van der Waals surface area contributed by atoms with Crippen LogP contribution in [0.5, 0.6) is 17.2 Å². The van der Waals surface area contributed by atoms with Crippen molar-refractivity contribution in [2.45, 2.75) is 18.9 Å². The number of hydrogen-bond acceptors (Lipinski definition) is 7. The lowest BCUT2D eigenvalue weighted by Crippen LogP contribution is -2.19.